The van der Waals surface area contributed by atoms with Gasteiger partial charge in [-0.1, -0.05) is 6.07 Å². The van der Waals surface area contributed by atoms with Gasteiger partial charge in [0.05, 0.1) is 0 Å². The molecule has 1 aliphatic rings. The lowest BCUT2D eigenvalue weighted by atomic mass is 10.1. The van der Waals surface area contributed by atoms with E-state index in [4.69, 9.17) is 4.74 Å². The maximum absolute atomic E-state index is 12.6. The molecular weight excluding hydrogens is 171 g/mol. The summed E-state index contributed by atoms with van der Waals surface area (Å²) in [5.74, 6) is -0.146. The predicted octanol–water partition coefficient (Wildman–Crippen LogP) is 0.961. The predicted molar refractivity (Wildman–Crippen MR) is 46.1 cm³/mol. The van der Waals surface area contributed by atoms with Crippen molar-refractivity contribution in [1.82, 2.24) is 10.3 Å². The molecular formula is C9H11FN2O. The molecule has 1 aliphatic heterocycles. The smallest absolute Gasteiger partial charge is 0.216 e. The second-order valence-electron chi connectivity index (χ2n) is 3.05. The molecule has 1 aromatic heterocycles. The first kappa shape index (κ1) is 8.44. The highest BCUT2D eigenvalue weighted by atomic mass is 19.1. The van der Waals surface area contributed by atoms with E-state index in [1.807, 2.05) is 0 Å². The van der Waals surface area contributed by atoms with Crippen molar-refractivity contribution in [3.63, 3.8) is 0 Å². The first-order valence-electron chi connectivity index (χ1n) is 4.33. The molecule has 1 fully saturated rings. The molecule has 13 heavy (non-hydrogen) atoms. The van der Waals surface area contributed by atoms with Gasteiger partial charge in [-0.15, -0.1) is 0 Å². The van der Waals surface area contributed by atoms with Crippen LogP contribution in [0.15, 0.2) is 18.2 Å². The van der Waals surface area contributed by atoms with Crippen LogP contribution in [0.5, 0.6) is 5.88 Å². The van der Waals surface area contributed by atoms with Gasteiger partial charge in [-0.2, -0.15) is 9.37 Å². The van der Waals surface area contributed by atoms with Crippen molar-refractivity contribution >= 4 is 0 Å². The highest BCUT2D eigenvalue weighted by molar-refractivity contribution is 5.10. The van der Waals surface area contributed by atoms with Crippen molar-refractivity contribution < 1.29 is 9.13 Å². The molecule has 0 spiro atoms. The Hall–Kier alpha value is -1.16. The third-order valence-electron chi connectivity index (χ3n) is 2.05. The minimum Gasteiger partial charge on any atom is -0.476 e. The zero-order valence-corrected chi connectivity index (χ0v) is 7.16. The van der Waals surface area contributed by atoms with Gasteiger partial charge in [0.25, 0.3) is 0 Å². The van der Waals surface area contributed by atoms with Crippen LogP contribution in [-0.2, 0) is 0 Å². The van der Waals surface area contributed by atoms with Crippen molar-refractivity contribution in [2.24, 2.45) is 0 Å². The van der Waals surface area contributed by atoms with Crippen molar-refractivity contribution in [2.75, 3.05) is 13.2 Å². The maximum Gasteiger partial charge on any atom is 0.216 e. The number of hydrogen-bond donors (Lipinski definition) is 1. The second-order valence-corrected chi connectivity index (χ2v) is 3.05. The Bertz CT molecular complexity index is 289. The van der Waals surface area contributed by atoms with E-state index in [0.717, 1.165) is 13.0 Å². The maximum atomic E-state index is 12.6. The molecule has 0 aliphatic carbocycles. The molecule has 1 atom stereocenters. The van der Waals surface area contributed by atoms with Gasteiger partial charge >= 0.3 is 0 Å². The lowest BCUT2D eigenvalue weighted by Gasteiger charge is -2.26. The van der Waals surface area contributed by atoms with Gasteiger partial charge in [0.2, 0.25) is 11.8 Å². The van der Waals surface area contributed by atoms with Crippen molar-refractivity contribution in [2.45, 2.75) is 12.5 Å². The summed E-state index contributed by atoms with van der Waals surface area (Å²) in [4.78, 5) is 3.59. The minimum atomic E-state index is -0.501. The number of nitrogens with one attached hydrogen (secondary N) is 1. The molecule has 2 rings (SSSR count). The number of ether oxygens (including phenoxy) is 1. The first-order valence-corrected chi connectivity index (χ1v) is 4.33. The molecule has 0 aromatic carbocycles. The Morgan fingerprint density at radius 2 is 2.46 bits per heavy atom. The van der Waals surface area contributed by atoms with Crippen LogP contribution in [-0.4, -0.2) is 24.2 Å². The fraction of sp³-hybridized carbons (Fsp3) is 0.444. The summed E-state index contributed by atoms with van der Waals surface area (Å²) in [6.07, 6.45) is 1.12. The third-order valence-corrected chi connectivity index (χ3v) is 2.05. The van der Waals surface area contributed by atoms with E-state index >= 15 is 0 Å². The third kappa shape index (κ3) is 2.15. The lowest BCUT2D eigenvalue weighted by molar-refractivity contribution is 0.209. The van der Waals surface area contributed by atoms with Crippen molar-refractivity contribution in [1.29, 1.82) is 0 Å². The molecule has 4 heteroatoms. The molecule has 0 saturated carbocycles. The molecule has 0 bridgehead atoms. The van der Waals surface area contributed by atoms with Crippen LogP contribution in [0.25, 0.3) is 0 Å². The van der Waals surface area contributed by atoms with Crippen molar-refractivity contribution in [3.8, 4) is 5.88 Å². The summed E-state index contributed by atoms with van der Waals surface area (Å²) >= 11 is 0. The molecule has 3 nitrogen and oxygen atoms in total. The van der Waals surface area contributed by atoms with E-state index in [9.17, 15) is 4.39 Å². The highest BCUT2D eigenvalue weighted by Crippen LogP contribution is 2.09. The molecule has 70 valence electrons. The quantitative estimate of drug-likeness (QED) is 0.707. The largest absolute Gasteiger partial charge is 0.476 e. The second kappa shape index (κ2) is 3.70. The molecule has 1 saturated heterocycles. The number of aromatic nitrogens is 1. The monoisotopic (exact) mass is 182 g/mol. The van der Waals surface area contributed by atoms with Gasteiger partial charge in [0.1, 0.15) is 6.61 Å². The van der Waals surface area contributed by atoms with Crippen LogP contribution in [0.4, 0.5) is 4.39 Å². The summed E-state index contributed by atoms with van der Waals surface area (Å²) in [5, 5.41) is 3.18. The fourth-order valence-electron chi connectivity index (χ4n) is 1.15. The van der Waals surface area contributed by atoms with Gasteiger partial charge in [-0.05, 0) is 19.0 Å². The molecule has 1 aromatic rings. The Morgan fingerprint density at radius 3 is 3.08 bits per heavy atom. The lowest BCUT2D eigenvalue weighted by Crippen LogP contribution is -2.46. The highest BCUT2D eigenvalue weighted by Gasteiger charge is 2.16. The minimum absolute atomic E-state index is 0.355. The van der Waals surface area contributed by atoms with Gasteiger partial charge < -0.3 is 10.1 Å². The number of pyridine rings is 1. The summed E-state index contributed by atoms with van der Waals surface area (Å²) in [6, 6.07) is 4.95. The van der Waals surface area contributed by atoms with Crippen LogP contribution < -0.4 is 10.1 Å². The average molecular weight is 182 g/mol. The van der Waals surface area contributed by atoms with E-state index in [1.165, 1.54) is 6.07 Å². The standard InChI is InChI=1S/C9H11FN2O/c10-8-2-1-3-9(12-8)13-6-7-4-5-11-7/h1-3,7,11H,4-6H2/t7-/m0/s1. The number of halogens is 1. The van der Waals surface area contributed by atoms with E-state index in [1.54, 1.807) is 12.1 Å². The molecule has 0 radical (unpaired) electrons. The van der Waals surface area contributed by atoms with E-state index in [0.29, 0.717) is 18.5 Å². The Labute approximate surface area is 75.9 Å². The fourth-order valence-corrected chi connectivity index (χ4v) is 1.15. The summed E-state index contributed by atoms with van der Waals surface area (Å²) in [7, 11) is 0. The van der Waals surface area contributed by atoms with Crippen LogP contribution in [0, 0.1) is 5.95 Å². The number of hydrogen-bond acceptors (Lipinski definition) is 3. The SMILES string of the molecule is Fc1cccc(OC[C@@H]2CCN2)n1. The normalized spacial score (nSPS) is 20.8. The zero-order valence-electron chi connectivity index (χ0n) is 7.16. The molecule has 1 N–H and O–H groups in total. The van der Waals surface area contributed by atoms with E-state index in [-0.39, 0.29) is 0 Å². The van der Waals surface area contributed by atoms with Crippen LogP contribution in [0.2, 0.25) is 0 Å². The van der Waals surface area contributed by atoms with Crippen LogP contribution >= 0.6 is 0 Å². The molecule has 0 amide bonds. The Morgan fingerprint density at radius 1 is 1.62 bits per heavy atom. The van der Waals surface area contributed by atoms with Crippen molar-refractivity contribution in [3.05, 3.63) is 24.1 Å². The topological polar surface area (TPSA) is 34.1 Å². The van der Waals surface area contributed by atoms with Gasteiger partial charge in [0, 0.05) is 12.1 Å². The summed E-state index contributed by atoms with van der Waals surface area (Å²) in [5.41, 5.74) is 0. The molecule has 2 heterocycles. The average Bonchev–Trinajstić information content (AvgIpc) is 2.01. The summed E-state index contributed by atoms with van der Waals surface area (Å²) < 4.78 is 17.9. The zero-order chi connectivity index (χ0) is 9.10. The number of nitrogens with zero attached hydrogens (tertiary/aromatic N) is 1. The summed E-state index contributed by atoms with van der Waals surface area (Å²) in [6.45, 7) is 1.61. The van der Waals surface area contributed by atoms with Crippen LogP contribution in [0.1, 0.15) is 6.42 Å². The number of rotatable bonds is 3. The van der Waals surface area contributed by atoms with Gasteiger partial charge in [-0.3, -0.25) is 0 Å². The Kier molecular flexibility index (Phi) is 2.40. The van der Waals surface area contributed by atoms with Gasteiger partial charge in [0.15, 0.2) is 0 Å². The van der Waals surface area contributed by atoms with Gasteiger partial charge in [-0.25, -0.2) is 0 Å². The van der Waals surface area contributed by atoms with Crippen LogP contribution in [0.3, 0.4) is 0 Å². The molecule has 0 unspecified atom stereocenters. The van der Waals surface area contributed by atoms with E-state index < -0.39 is 5.95 Å². The first-order chi connectivity index (χ1) is 6.34. The Balaban J connectivity index is 1.86. The van der Waals surface area contributed by atoms with E-state index in [2.05, 4.69) is 10.3 Å².